The molecule has 0 spiro atoms. The van der Waals surface area contributed by atoms with E-state index < -0.39 is 0 Å². The van der Waals surface area contributed by atoms with Crippen molar-refractivity contribution in [2.24, 2.45) is 0 Å². The van der Waals surface area contributed by atoms with Crippen molar-refractivity contribution >= 4 is 17.7 Å². The molecular weight excluding hydrogens is 304 g/mol. The Balaban J connectivity index is 1.74. The number of aromatic amines is 2. The van der Waals surface area contributed by atoms with Gasteiger partial charge in [0.05, 0.1) is 11.9 Å². The highest BCUT2D eigenvalue weighted by Crippen LogP contribution is 2.14. The van der Waals surface area contributed by atoms with Gasteiger partial charge >= 0.3 is 5.69 Å². The van der Waals surface area contributed by atoms with Crippen LogP contribution in [0.4, 0.5) is 0 Å². The lowest BCUT2D eigenvalue weighted by Gasteiger charge is -2.10. The second kappa shape index (κ2) is 7.69. The Morgan fingerprint density at radius 3 is 2.68 bits per heavy atom. The number of rotatable bonds is 7. The predicted octanol–water partition coefficient (Wildman–Crippen LogP) is 1.29. The second-order valence-corrected chi connectivity index (χ2v) is 5.82. The Hall–Kier alpha value is -2.22. The minimum atomic E-state index is -0.383. The Morgan fingerprint density at radius 2 is 2.09 bits per heavy atom. The summed E-state index contributed by atoms with van der Waals surface area (Å²) in [5.41, 5.74) is 0.606. The summed E-state index contributed by atoms with van der Waals surface area (Å²) in [5.74, 6) is 0.870. The number of hydrogen-bond donors (Lipinski definition) is 3. The van der Waals surface area contributed by atoms with Gasteiger partial charge in [0.15, 0.2) is 5.16 Å². The Morgan fingerprint density at radius 1 is 1.36 bits per heavy atom. The molecule has 0 aliphatic carbocycles. The number of ether oxygens (including phenoxy) is 1. The zero-order valence-corrected chi connectivity index (χ0v) is 13.2. The molecule has 0 aliphatic rings. The van der Waals surface area contributed by atoms with Crippen molar-refractivity contribution in [1.82, 2.24) is 20.5 Å². The zero-order chi connectivity index (χ0) is 15.9. The molecule has 118 valence electrons. The van der Waals surface area contributed by atoms with Crippen molar-refractivity contribution in [2.75, 3.05) is 5.75 Å². The summed E-state index contributed by atoms with van der Waals surface area (Å²) in [5, 5.41) is 9.16. The summed E-state index contributed by atoms with van der Waals surface area (Å²) in [6.07, 6.45) is 0.135. The maximum absolute atomic E-state index is 11.7. The van der Waals surface area contributed by atoms with E-state index in [1.807, 2.05) is 38.1 Å². The SMILES string of the molecule is CC(C)Oc1ccc(CNC(=O)CSc2n[nH]c(=O)[nH]2)cc1. The fourth-order valence-corrected chi connectivity index (χ4v) is 2.31. The molecule has 0 radical (unpaired) electrons. The number of hydrogen-bond acceptors (Lipinski definition) is 5. The van der Waals surface area contributed by atoms with Crippen molar-refractivity contribution in [3.05, 3.63) is 40.3 Å². The van der Waals surface area contributed by atoms with Crippen LogP contribution < -0.4 is 15.7 Å². The first kappa shape index (κ1) is 16.2. The summed E-state index contributed by atoms with van der Waals surface area (Å²) < 4.78 is 5.55. The number of aromatic nitrogens is 3. The molecule has 0 saturated carbocycles. The minimum absolute atomic E-state index is 0.128. The normalized spacial score (nSPS) is 10.7. The molecule has 2 aromatic rings. The second-order valence-electron chi connectivity index (χ2n) is 4.86. The van der Waals surface area contributed by atoms with E-state index in [-0.39, 0.29) is 23.5 Å². The van der Waals surface area contributed by atoms with Gasteiger partial charge in [0.2, 0.25) is 5.91 Å². The molecule has 0 fully saturated rings. The van der Waals surface area contributed by atoms with E-state index in [4.69, 9.17) is 4.74 Å². The van der Waals surface area contributed by atoms with Gasteiger partial charge in [-0.1, -0.05) is 23.9 Å². The van der Waals surface area contributed by atoms with Gasteiger partial charge in [-0.05, 0) is 31.5 Å². The van der Waals surface area contributed by atoms with Crippen LogP contribution in [0.2, 0.25) is 0 Å². The number of thioether (sulfide) groups is 1. The zero-order valence-electron chi connectivity index (χ0n) is 12.4. The first-order chi connectivity index (χ1) is 10.5. The fourth-order valence-electron chi connectivity index (χ4n) is 1.67. The van der Waals surface area contributed by atoms with Crippen LogP contribution in [0.3, 0.4) is 0 Å². The van der Waals surface area contributed by atoms with Crippen molar-refractivity contribution < 1.29 is 9.53 Å². The van der Waals surface area contributed by atoms with Gasteiger partial charge in [0.1, 0.15) is 5.75 Å². The highest BCUT2D eigenvalue weighted by atomic mass is 32.2. The molecule has 1 heterocycles. The van der Waals surface area contributed by atoms with Crippen LogP contribution in [0.15, 0.2) is 34.2 Å². The predicted molar refractivity (Wildman–Crippen MR) is 84.0 cm³/mol. The molecule has 1 aromatic heterocycles. The lowest BCUT2D eigenvalue weighted by atomic mass is 10.2. The van der Waals surface area contributed by atoms with Crippen LogP contribution in [-0.2, 0) is 11.3 Å². The summed E-state index contributed by atoms with van der Waals surface area (Å²) >= 11 is 1.16. The first-order valence-electron chi connectivity index (χ1n) is 6.82. The fraction of sp³-hybridized carbons (Fsp3) is 0.357. The molecule has 8 heteroatoms. The van der Waals surface area contributed by atoms with Gasteiger partial charge in [0, 0.05) is 6.54 Å². The number of H-pyrrole nitrogens is 2. The third-order valence-electron chi connectivity index (χ3n) is 2.60. The number of nitrogens with one attached hydrogen (secondary N) is 3. The average molecular weight is 322 g/mol. The molecule has 0 unspecified atom stereocenters. The molecule has 0 aliphatic heterocycles. The number of amides is 1. The van der Waals surface area contributed by atoms with E-state index in [0.29, 0.717) is 11.7 Å². The van der Waals surface area contributed by atoms with Gasteiger partial charge < -0.3 is 10.1 Å². The number of benzene rings is 1. The molecule has 7 nitrogen and oxygen atoms in total. The van der Waals surface area contributed by atoms with E-state index >= 15 is 0 Å². The minimum Gasteiger partial charge on any atom is -0.491 e. The van der Waals surface area contributed by atoms with E-state index in [9.17, 15) is 9.59 Å². The molecular formula is C14H18N4O3S. The third kappa shape index (κ3) is 5.28. The quantitative estimate of drug-likeness (QED) is 0.667. The molecule has 1 amide bonds. The van der Waals surface area contributed by atoms with Crippen molar-refractivity contribution in [3.63, 3.8) is 0 Å². The lowest BCUT2D eigenvalue weighted by molar-refractivity contribution is -0.118. The average Bonchev–Trinajstić information content (AvgIpc) is 2.89. The van der Waals surface area contributed by atoms with E-state index in [1.165, 1.54) is 0 Å². The standard InChI is InChI=1S/C14H18N4O3S/c1-9(2)21-11-5-3-10(4-6-11)7-15-12(19)8-22-14-16-13(20)17-18-14/h3-6,9H,7-8H2,1-2H3,(H,15,19)(H2,16,17,18,20). The third-order valence-corrected chi connectivity index (χ3v) is 3.48. The molecule has 2 rings (SSSR count). The smallest absolute Gasteiger partial charge is 0.341 e. The van der Waals surface area contributed by atoms with Crippen LogP contribution in [0.5, 0.6) is 5.75 Å². The van der Waals surface area contributed by atoms with Crippen LogP contribution >= 0.6 is 11.8 Å². The molecule has 0 atom stereocenters. The number of carbonyl (C=O) groups excluding carboxylic acids is 1. The lowest BCUT2D eigenvalue weighted by Crippen LogP contribution is -2.24. The van der Waals surface area contributed by atoms with Crippen LogP contribution in [0.1, 0.15) is 19.4 Å². The topological polar surface area (TPSA) is 99.9 Å². The van der Waals surface area contributed by atoms with Crippen molar-refractivity contribution in [1.29, 1.82) is 0 Å². The largest absolute Gasteiger partial charge is 0.491 e. The summed E-state index contributed by atoms with van der Waals surface area (Å²) in [6.45, 7) is 4.38. The Bertz CT molecular complexity index is 663. The molecule has 0 saturated heterocycles. The van der Waals surface area contributed by atoms with Gasteiger partial charge in [-0.2, -0.15) is 0 Å². The summed E-state index contributed by atoms with van der Waals surface area (Å²) in [4.78, 5) is 25.0. The molecule has 3 N–H and O–H groups in total. The molecule has 22 heavy (non-hydrogen) atoms. The van der Waals surface area contributed by atoms with Crippen molar-refractivity contribution in [2.45, 2.75) is 31.7 Å². The van der Waals surface area contributed by atoms with Gasteiger partial charge in [-0.25, -0.2) is 9.89 Å². The van der Waals surface area contributed by atoms with Crippen LogP contribution in [0, 0.1) is 0 Å². The summed E-state index contributed by atoms with van der Waals surface area (Å²) in [6, 6.07) is 7.59. The Labute approximate surface area is 131 Å². The van der Waals surface area contributed by atoms with Crippen LogP contribution in [0.25, 0.3) is 0 Å². The maximum Gasteiger partial charge on any atom is 0.341 e. The van der Waals surface area contributed by atoms with Crippen LogP contribution in [-0.4, -0.2) is 32.9 Å². The van der Waals surface area contributed by atoms with E-state index in [1.54, 1.807) is 0 Å². The first-order valence-corrected chi connectivity index (χ1v) is 7.81. The molecule has 1 aromatic carbocycles. The number of nitrogens with zero attached hydrogens (tertiary/aromatic N) is 1. The Kier molecular flexibility index (Phi) is 5.65. The highest BCUT2D eigenvalue weighted by molar-refractivity contribution is 7.99. The van der Waals surface area contributed by atoms with Gasteiger partial charge in [0.25, 0.3) is 0 Å². The van der Waals surface area contributed by atoms with Gasteiger partial charge in [-0.3, -0.25) is 9.78 Å². The number of carbonyl (C=O) groups is 1. The summed E-state index contributed by atoms with van der Waals surface area (Å²) in [7, 11) is 0. The maximum atomic E-state index is 11.7. The monoisotopic (exact) mass is 322 g/mol. The van der Waals surface area contributed by atoms with E-state index in [2.05, 4.69) is 20.5 Å². The van der Waals surface area contributed by atoms with E-state index in [0.717, 1.165) is 23.1 Å². The van der Waals surface area contributed by atoms with Crippen molar-refractivity contribution in [3.8, 4) is 5.75 Å². The molecule has 0 bridgehead atoms. The van der Waals surface area contributed by atoms with Gasteiger partial charge in [-0.15, -0.1) is 5.10 Å². The highest BCUT2D eigenvalue weighted by Gasteiger charge is 2.05.